The molecule has 1 aromatic rings. The van der Waals surface area contributed by atoms with Crippen LogP contribution < -0.4 is 4.74 Å². The molecular weight excluding hydrogens is 214 g/mol. The average molecular weight is 235 g/mol. The van der Waals surface area contributed by atoms with Crippen LogP contribution >= 0.6 is 0 Å². The summed E-state index contributed by atoms with van der Waals surface area (Å²) in [5, 5.41) is 9.02. The molecule has 3 nitrogen and oxygen atoms in total. The van der Waals surface area contributed by atoms with Crippen molar-refractivity contribution in [3.63, 3.8) is 0 Å². The van der Waals surface area contributed by atoms with Crippen molar-refractivity contribution in [3.05, 3.63) is 24.0 Å². The number of ether oxygens (including phenoxy) is 1. The summed E-state index contributed by atoms with van der Waals surface area (Å²) in [6.45, 7) is 4.61. The summed E-state index contributed by atoms with van der Waals surface area (Å²) in [6.07, 6.45) is 6.67. The quantitative estimate of drug-likeness (QED) is 0.876. The van der Waals surface area contributed by atoms with Gasteiger partial charge >= 0.3 is 0 Å². The van der Waals surface area contributed by atoms with E-state index in [0.29, 0.717) is 17.2 Å². The van der Waals surface area contributed by atoms with Gasteiger partial charge in [0, 0.05) is 12.3 Å². The van der Waals surface area contributed by atoms with Crippen LogP contribution in [0.4, 0.5) is 0 Å². The van der Waals surface area contributed by atoms with Gasteiger partial charge in [0.25, 0.3) is 0 Å². The van der Waals surface area contributed by atoms with E-state index < -0.39 is 0 Å². The van der Waals surface area contributed by atoms with Gasteiger partial charge < -0.3 is 9.84 Å². The number of pyridine rings is 1. The summed E-state index contributed by atoms with van der Waals surface area (Å²) in [6, 6.07) is 3.68. The molecule has 1 aromatic heterocycles. The Balaban J connectivity index is 1.93. The average Bonchev–Trinajstić information content (AvgIpc) is 2.32. The van der Waals surface area contributed by atoms with Crippen molar-refractivity contribution >= 4 is 0 Å². The molecule has 0 unspecified atom stereocenters. The van der Waals surface area contributed by atoms with Gasteiger partial charge in [-0.1, -0.05) is 13.8 Å². The third kappa shape index (κ3) is 3.43. The lowest BCUT2D eigenvalue weighted by atomic mass is 9.76. The fraction of sp³-hybridized carbons (Fsp3) is 0.643. The van der Waals surface area contributed by atoms with Gasteiger partial charge in [0.1, 0.15) is 5.75 Å². The van der Waals surface area contributed by atoms with Crippen LogP contribution in [0.1, 0.15) is 45.2 Å². The highest BCUT2D eigenvalue weighted by atomic mass is 16.5. The van der Waals surface area contributed by atoms with E-state index in [-0.39, 0.29) is 6.61 Å². The van der Waals surface area contributed by atoms with E-state index >= 15 is 0 Å². The minimum atomic E-state index is -0.0328. The van der Waals surface area contributed by atoms with Gasteiger partial charge in [-0.25, -0.2) is 0 Å². The van der Waals surface area contributed by atoms with E-state index in [9.17, 15) is 0 Å². The highest BCUT2D eigenvalue weighted by molar-refractivity contribution is 5.22. The van der Waals surface area contributed by atoms with Gasteiger partial charge in [0.2, 0.25) is 0 Å². The zero-order chi connectivity index (χ0) is 12.3. The molecule has 1 heterocycles. The number of aromatic nitrogens is 1. The molecule has 0 aromatic carbocycles. The smallest absolute Gasteiger partial charge is 0.123 e. The number of hydrogen-bond donors (Lipinski definition) is 1. The van der Waals surface area contributed by atoms with Crippen LogP contribution in [0.25, 0.3) is 0 Å². The van der Waals surface area contributed by atoms with Crippen molar-refractivity contribution in [1.82, 2.24) is 4.98 Å². The summed E-state index contributed by atoms with van der Waals surface area (Å²) in [4.78, 5) is 4.04. The van der Waals surface area contributed by atoms with Crippen LogP contribution in [-0.4, -0.2) is 16.2 Å². The third-order valence-electron chi connectivity index (χ3n) is 3.54. The number of nitrogens with zero attached hydrogens (tertiary/aromatic N) is 1. The highest BCUT2D eigenvalue weighted by Gasteiger charge is 2.27. The Labute approximate surface area is 103 Å². The predicted molar refractivity (Wildman–Crippen MR) is 66.8 cm³/mol. The zero-order valence-corrected chi connectivity index (χ0v) is 10.6. The Kier molecular flexibility index (Phi) is 3.67. The van der Waals surface area contributed by atoms with Crippen LogP contribution in [-0.2, 0) is 6.61 Å². The van der Waals surface area contributed by atoms with Crippen molar-refractivity contribution < 1.29 is 9.84 Å². The van der Waals surface area contributed by atoms with E-state index in [4.69, 9.17) is 9.84 Å². The van der Waals surface area contributed by atoms with Crippen LogP contribution in [0.2, 0.25) is 0 Å². The molecule has 1 aliphatic rings. The molecule has 0 radical (unpaired) electrons. The van der Waals surface area contributed by atoms with Gasteiger partial charge in [0.15, 0.2) is 0 Å². The largest absolute Gasteiger partial charge is 0.490 e. The minimum absolute atomic E-state index is 0.0328. The second kappa shape index (κ2) is 5.05. The molecule has 94 valence electrons. The van der Waals surface area contributed by atoms with Gasteiger partial charge in [-0.3, -0.25) is 4.98 Å². The van der Waals surface area contributed by atoms with E-state index in [0.717, 1.165) is 18.6 Å². The van der Waals surface area contributed by atoms with Crippen LogP contribution in [0, 0.1) is 5.41 Å². The van der Waals surface area contributed by atoms with Crippen LogP contribution in [0.3, 0.4) is 0 Å². The van der Waals surface area contributed by atoms with Crippen molar-refractivity contribution in [1.29, 1.82) is 0 Å². The molecule has 1 N–H and O–H groups in total. The van der Waals surface area contributed by atoms with Gasteiger partial charge in [-0.05, 0) is 37.2 Å². The van der Waals surface area contributed by atoms with Crippen molar-refractivity contribution in [2.45, 2.75) is 52.2 Å². The Morgan fingerprint density at radius 2 is 2.12 bits per heavy atom. The van der Waals surface area contributed by atoms with Gasteiger partial charge in [0.05, 0.1) is 18.4 Å². The number of rotatable bonds is 3. The Hall–Kier alpha value is -1.09. The first-order valence-electron chi connectivity index (χ1n) is 6.31. The fourth-order valence-electron chi connectivity index (χ4n) is 2.30. The minimum Gasteiger partial charge on any atom is -0.490 e. The molecule has 0 aliphatic heterocycles. The molecule has 0 spiro atoms. The van der Waals surface area contributed by atoms with E-state index in [1.165, 1.54) is 12.8 Å². The van der Waals surface area contributed by atoms with Gasteiger partial charge in [-0.2, -0.15) is 0 Å². The molecule has 0 bridgehead atoms. The lowest BCUT2D eigenvalue weighted by Gasteiger charge is -2.34. The molecule has 2 rings (SSSR count). The predicted octanol–water partition coefficient (Wildman–Crippen LogP) is 2.92. The summed E-state index contributed by atoms with van der Waals surface area (Å²) < 4.78 is 5.94. The molecule has 0 amide bonds. The summed E-state index contributed by atoms with van der Waals surface area (Å²) in [5.41, 5.74) is 1.13. The monoisotopic (exact) mass is 235 g/mol. The van der Waals surface area contributed by atoms with Crippen molar-refractivity contribution in [3.8, 4) is 5.75 Å². The number of hydrogen-bond acceptors (Lipinski definition) is 3. The third-order valence-corrected chi connectivity index (χ3v) is 3.54. The maximum atomic E-state index is 9.02. The van der Waals surface area contributed by atoms with Crippen LogP contribution in [0.15, 0.2) is 18.3 Å². The molecule has 0 atom stereocenters. The molecule has 1 aliphatic carbocycles. The maximum absolute atomic E-state index is 9.02. The first-order valence-corrected chi connectivity index (χ1v) is 6.31. The summed E-state index contributed by atoms with van der Waals surface area (Å²) >= 11 is 0. The Morgan fingerprint density at radius 3 is 2.76 bits per heavy atom. The second-order valence-electron chi connectivity index (χ2n) is 5.62. The van der Waals surface area contributed by atoms with E-state index in [1.54, 1.807) is 6.20 Å². The lowest BCUT2D eigenvalue weighted by molar-refractivity contribution is 0.0984. The zero-order valence-electron chi connectivity index (χ0n) is 10.6. The molecule has 1 fully saturated rings. The number of aliphatic hydroxyl groups excluding tert-OH is 1. The molecule has 17 heavy (non-hydrogen) atoms. The first-order chi connectivity index (χ1) is 8.09. The van der Waals surface area contributed by atoms with Crippen molar-refractivity contribution in [2.24, 2.45) is 5.41 Å². The summed E-state index contributed by atoms with van der Waals surface area (Å²) in [5.74, 6) is 0.828. The Morgan fingerprint density at radius 1 is 1.41 bits per heavy atom. The fourth-order valence-corrected chi connectivity index (χ4v) is 2.30. The second-order valence-corrected chi connectivity index (χ2v) is 5.62. The number of aliphatic hydroxyl groups is 1. The van der Waals surface area contributed by atoms with Gasteiger partial charge in [-0.15, -0.1) is 0 Å². The molecule has 1 saturated carbocycles. The van der Waals surface area contributed by atoms with Crippen LogP contribution in [0.5, 0.6) is 5.75 Å². The van der Waals surface area contributed by atoms with Crippen molar-refractivity contribution in [2.75, 3.05) is 0 Å². The first kappa shape index (κ1) is 12.4. The normalized spacial score (nSPS) is 20.2. The molecular formula is C14H21NO2. The molecule has 0 saturated heterocycles. The topological polar surface area (TPSA) is 42.4 Å². The highest BCUT2D eigenvalue weighted by Crippen LogP contribution is 2.36. The lowest BCUT2D eigenvalue weighted by Crippen LogP contribution is -2.28. The van der Waals surface area contributed by atoms with E-state index in [2.05, 4.69) is 18.8 Å². The maximum Gasteiger partial charge on any atom is 0.123 e. The standard InChI is InChI=1S/C14H21NO2/c1-14(2)6-3-12(4-7-14)17-13-5-8-15-11(9-13)10-16/h5,8-9,12,16H,3-4,6-7,10H2,1-2H3. The SMILES string of the molecule is CC1(C)CCC(Oc2ccnc(CO)c2)CC1. The summed E-state index contributed by atoms with van der Waals surface area (Å²) in [7, 11) is 0. The molecule has 3 heteroatoms. The Bertz CT molecular complexity index is 366. The van der Waals surface area contributed by atoms with E-state index in [1.807, 2.05) is 12.1 Å².